The first-order valence-corrected chi connectivity index (χ1v) is 10.8. The Bertz CT molecular complexity index is 1010. The van der Waals surface area contributed by atoms with Crippen LogP contribution in [0.1, 0.15) is 45.6 Å². The summed E-state index contributed by atoms with van der Waals surface area (Å²) in [4.78, 5) is 39.0. The number of nitrogens with one attached hydrogen (secondary N) is 1. The van der Waals surface area contributed by atoms with Gasteiger partial charge in [-0.3, -0.25) is 9.59 Å². The number of allylic oxidation sites excluding steroid dienone is 3. The maximum atomic E-state index is 13.6. The fourth-order valence-corrected chi connectivity index (χ4v) is 4.56. The van der Waals surface area contributed by atoms with E-state index < -0.39 is 23.8 Å². The summed E-state index contributed by atoms with van der Waals surface area (Å²) in [6.45, 7) is 7.11. The van der Waals surface area contributed by atoms with Crippen molar-refractivity contribution in [2.45, 2.75) is 46.1 Å². The van der Waals surface area contributed by atoms with Crippen molar-refractivity contribution in [1.29, 1.82) is 0 Å². The van der Waals surface area contributed by atoms with E-state index in [9.17, 15) is 14.4 Å². The Kier molecular flexibility index (Phi) is 6.82. The van der Waals surface area contributed by atoms with E-state index in [1.165, 1.54) is 7.11 Å². The van der Waals surface area contributed by atoms with Crippen LogP contribution in [0.3, 0.4) is 0 Å². The maximum absolute atomic E-state index is 13.6. The zero-order chi connectivity index (χ0) is 23.0. The van der Waals surface area contributed by atoms with E-state index in [1.54, 1.807) is 39.0 Å². The molecule has 0 fully saturated rings. The number of carbonyl (C=O) groups excluding carboxylic acids is 3. The van der Waals surface area contributed by atoms with Crippen molar-refractivity contribution >= 4 is 40.9 Å². The van der Waals surface area contributed by atoms with Crippen LogP contribution in [0.15, 0.2) is 40.7 Å². The third kappa shape index (κ3) is 4.37. The van der Waals surface area contributed by atoms with Crippen LogP contribution in [0.4, 0.5) is 0 Å². The number of carbonyl (C=O) groups is 3. The SMILES string of the molecule is COC(=O)[C@@H]1C(=O)C2=C(C[C@@H]1C)NC(C)=C(C(=O)OC(C)C)[C@@H]2c1ccc(Cl)c(Cl)c1. The molecule has 1 aliphatic heterocycles. The molecule has 0 amide bonds. The molecule has 8 heteroatoms. The average Bonchev–Trinajstić information content (AvgIpc) is 2.68. The van der Waals surface area contributed by atoms with Crippen molar-refractivity contribution in [2.24, 2.45) is 11.8 Å². The molecule has 6 nitrogen and oxygen atoms in total. The highest BCUT2D eigenvalue weighted by Gasteiger charge is 2.47. The molecule has 1 N–H and O–H groups in total. The minimum atomic E-state index is -0.948. The number of rotatable bonds is 4. The first-order valence-electron chi connectivity index (χ1n) is 10.1. The van der Waals surface area contributed by atoms with Gasteiger partial charge in [-0.15, -0.1) is 0 Å². The topological polar surface area (TPSA) is 81.7 Å². The summed E-state index contributed by atoms with van der Waals surface area (Å²) in [5, 5.41) is 3.87. The summed E-state index contributed by atoms with van der Waals surface area (Å²) in [5.41, 5.74) is 2.56. The minimum absolute atomic E-state index is 0.252. The second kappa shape index (κ2) is 9.05. The number of benzene rings is 1. The quantitative estimate of drug-likeness (QED) is 0.518. The Morgan fingerprint density at radius 2 is 1.87 bits per heavy atom. The molecule has 0 aromatic heterocycles. The van der Waals surface area contributed by atoms with Crippen molar-refractivity contribution < 1.29 is 23.9 Å². The Morgan fingerprint density at radius 1 is 1.19 bits per heavy atom. The number of ketones is 1. The van der Waals surface area contributed by atoms with Gasteiger partial charge < -0.3 is 14.8 Å². The molecule has 0 spiro atoms. The van der Waals surface area contributed by atoms with Gasteiger partial charge in [0, 0.05) is 22.9 Å². The van der Waals surface area contributed by atoms with Gasteiger partial charge >= 0.3 is 11.9 Å². The van der Waals surface area contributed by atoms with Crippen molar-refractivity contribution in [3.8, 4) is 0 Å². The molecule has 3 rings (SSSR count). The van der Waals surface area contributed by atoms with E-state index >= 15 is 0 Å². The van der Waals surface area contributed by atoms with E-state index in [0.29, 0.717) is 44.6 Å². The second-order valence-corrected chi connectivity index (χ2v) is 8.98. The number of hydrogen-bond donors (Lipinski definition) is 1. The van der Waals surface area contributed by atoms with Crippen molar-refractivity contribution in [3.05, 3.63) is 56.3 Å². The smallest absolute Gasteiger partial charge is 0.337 e. The Morgan fingerprint density at radius 3 is 2.45 bits per heavy atom. The lowest BCUT2D eigenvalue weighted by atomic mass is 9.69. The highest BCUT2D eigenvalue weighted by molar-refractivity contribution is 6.42. The fraction of sp³-hybridized carbons (Fsp3) is 0.435. The van der Waals surface area contributed by atoms with Gasteiger partial charge in [0.15, 0.2) is 5.78 Å². The lowest BCUT2D eigenvalue weighted by molar-refractivity contribution is -0.151. The second-order valence-electron chi connectivity index (χ2n) is 8.16. The monoisotopic (exact) mass is 465 g/mol. The molecule has 0 saturated carbocycles. The van der Waals surface area contributed by atoms with Gasteiger partial charge in [-0.05, 0) is 50.8 Å². The number of methoxy groups -OCH3 is 1. The van der Waals surface area contributed by atoms with Gasteiger partial charge in [0.2, 0.25) is 0 Å². The highest BCUT2D eigenvalue weighted by atomic mass is 35.5. The van der Waals surface area contributed by atoms with Gasteiger partial charge in [-0.25, -0.2) is 4.79 Å². The number of dihydropyridines is 1. The maximum Gasteiger partial charge on any atom is 0.337 e. The molecule has 0 saturated heterocycles. The predicted octanol–water partition coefficient (Wildman–Crippen LogP) is 4.56. The van der Waals surface area contributed by atoms with E-state index in [1.807, 2.05) is 6.92 Å². The van der Waals surface area contributed by atoms with E-state index in [0.717, 1.165) is 0 Å². The Labute approximate surface area is 191 Å². The molecule has 166 valence electrons. The molecule has 0 bridgehead atoms. The number of hydrogen-bond acceptors (Lipinski definition) is 6. The molecule has 2 aliphatic rings. The van der Waals surface area contributed by atoms with Crippen LogP contribution in [-0.2, 0) is 23.9 Å². The molecule has 1 aliphatic carbocycles. The van der Waals surface area contributed by atoms with Crippen LogP contribution in [0.2, 0.25) is 10.0 Å². The van der Waals surface area contributed by atoms with Gasteiger partial charge in [0.05, 0.1) is 28.8 Å². The van der Waals surface area contributed by atoms with Crippen LogP contribution in [0.25, 0.3) is 0 Å². The summed E-state index contributed by atoms with van der Waals surface area (Å²) in [6.07, 6.45) is 0.116. The van der Waals surface area contributed by atoms with Gasteiger partial charge in [0.1, 0.15) is 5.92 Å². The summed E-state index contributed by atoms with van der Waals surface area (Å²) >= 11 is 12.4. The van der Waals surface area contributed by atoms with Crippen LogP contribution >= 0.6 is 23.2 Å². The zero-order valence-corrected chi connectivity index (χ0v) is 19.6. The Balaban J connectivity index is 2.21. The van der Waals surface area contributed by atoms with Gasteiger partial charge in [-0.1, -0.05) is 36.2 Å². The molecule has 0 radical (unpaired) electrons. The van der Waals surface area contributed by atoms with Gasteiger partial charge in [0.25, 0.3) is 0 Å². The van der Waals surface area contributed by atoms with Crippen LogP contribution < -0.4 is 5.32 Å². The summed E-state index contributed by atoms with van der Waals surface area (Å²) < 4.78 is 10.4. The van der Waals surface area contributed by atoms with Gasteiger partial charge in [-0.2, -0.15) is 0 Å². The molecule has 1 heterocycles. The molecular formula is C23H25Cl2NO5. The number of halogens is 2. The van der Waals surface area contributed by atoms with E-state index in [4.69, 9.17) is 32.7 Å². The minimum Gasteiger partial charge on any atom is -0.468 e. The number of Topliss-reactive ketones (excluding diaryl/α,β-unsaturated/α-hetero) is 1. The third-order valence-electron chi connectivity index (χ3n) is 5.58. The molecule has 1 aromatic rings. The summed E-state index contributed by atoms with van der Waals surface area (Å²) in [6, 6.07) is 4.98. The molecule has 3 atom stereocenters. The number of esters is 2. The first-order chi connectivity index (χ1) is 14.6. The summed E-state index contributed by atoms with van der Waals surface area (Å²) in [5.74, 6) is -3.44. The van der Waals surface area contributed by atoms with Crippen molar-refractivity contribution in [3.63, 3.8) is 0 Å². The van der Waals surface area contributed by atoms with Crippen molar-refractivity contribution in [1.82, 2.24) is 5.32 Å². The van der Waals surface area contributed by atoms with E-state index in [-0.39, 0.29) is 17.8 Å². The normalized spacial score (nSPS) is 23.5. The zero-order valence-electron chi connectivity index (χ0n) is 18.0. The first kappa shape index (κ1) is 23.4. The largest absolute Gasteiger partial charge is 0.468 e. The predicted molar refractivity (Wildman–Crippen MR) is 118 cm³/mol. The van der Waals surface area contributed by atoms with Crippen LogP contribution in [0.5, 0.6) is 0 Å². The molecule has 0 unspecified atom stereocenters. The fourth-order valence-electron chi connectivity index (χ4n) is 4.25. The molecule has 31 heavy (non-hydrogen) atoms. The summed E-state index contributed by atoms with van der Waals surface area (Å²) in [7, 11) is 1.26. The lowest BCUT2D eigenvalue weighted by Crippen LogP contribution is -2.43. The van der Waals surface area contributed by atoms with Crippen LogP contribution in [0, 0.1) is 11.8 Å². The Hall–Kier alpha value is -2.31. The average molecular weight is 466 g/mol. The van der Waals surface area contributed by atoms with E-state index in [2.05, 4.69) is 5.32 Å². The standard InChI is InChI=1S/C23H25Cl2NO5/c1-10(2)31-23(29)18-12(4)26-16-8-11(3)17(22(28)30-5)21(27)20(16)19(18)13-6-7-14(24)15(25)9-13/h6-7,9-11,17,19,26H,8H2,1-5H3/t11-,17-,19-/m0/s1. The third-order valence-corrected chi connectivity index (χ3v) is 6.32. The molecular weight excluding hydrogens is 441 g/mol. The highest BCUT2D eigenvalue weighted by Crippen LogP contribution is 2.46. The van der Waals surface area contributed by atoms with Crippen LogP contribution in [-0.4, -0.2) is 30.9 Å². The lowest BCUT2D eigenvalue weighted by Gasteiger charge is -2.38. The number of ether oxygens (including phenoxy) is 2. The van der Waals surface area contributed by atoms with Crippen molar-refractivity contribution in [2.75, 3.05) is 7.11 Å². The molecule has 1 aromatic carbocycles.